The van der Waals surface area contributed by atoms with Crippen LogP contribution in [0, 0.1) is 0 Å². The minimum Gasteiger partial charge on any atom is -0.370 e. The van der Waals surface area contributed by atoms with Crippen molar-refractivity contribution in [1.29, 1.82) is 0 Å². The lowest BCUT2D eigenvalue weighted by atomic mass is 9.89. The number of hydrogen-bond acceptors (Lipinski definition) is 7. The zero-order valence-electron chi connectivity index (χ0n) is 20.8. The number of guanidine groups is 1. The van der Waals surface area contributed by atoms with E-state index < -0.39 is 30.1 Å². The van der Waals surface area contributed by atoms with Crippen molar-refractivity contribution in [1.82, 2.24) is 20.4 Å². The fourth-order valence-electron chi connectivity index (χ4n) is 5.60. The van der Waals surface area contributed by atoms with Gasteiger partial charge in [0.1, 0.15) is 12.1 Å². The molecule has 4 rings (SSSR count). The van der Waals surface area contributed by atoms with Crippen LogP contribution < -0.4 is 27.8 Å². The number of ketones is 1. The lowest BCUT2D eigenvalue weighted by Gasteiger charge is -2.46. The van der Waals surface area contributed by atoms with Gasteiger partial charge in [0.25, 0.3) is 0 Å². The zero-order chi connectivity index (χ0) is 26.5. The second-order valence-electron chi connectivity index (χ2n) is 9.95. The molecule has 3 heterocycles. The van der Waals surface area contributed by atoms with Crippen molar-refractivity contribution in [3.05, 3.63) is 35.9 Å². The Morgan fingerprint density at radius 2 is 1.73 bits per heavy atom. The summed E-state index contributed by atoms with van der Waals surface area (Å²) >= 11 is 0. The van der Waals surface area contributed by atoms with Crippen LogP contribution in [-0.2, 0) is 25.6 Å². The number of piperazine rings is 2. The van der Waals surface area contributed by atoms with Gasteiger partial charge in [0, 0.05) is 19.6 Å². The van der Waals surface area contributed by atoms with Gasteiger partial charge in [-0.15, -0.1) is 0 Å². The highest BCUT2D eigenvalue weighted by Gasteiger charge is 2.46. The number of aliphatic imine (C=N–C) groups is 1. The maximum Gasteiger partial charge on any atom is 0.241 e. The summed E-state index contributed by atoms with van der Waals surface area (Å²) in [6.07, 6.45) is 2.66. The Morgan fingerprint density at radius 1 is 1.00 bits per heavy atom. The van der Waals surface area contributed by atoms with E-state index in [1.54, 1.807) is 4.90 Å². The van der Waals surface area contributed by atoms with Crippen LogP contribution in [0.15, 0.2) is 35.3 Å². The maximum atomic E-state index is 13.8. The molecule has 0 radical (unpaired) electrons. The second kappa shape index (κ2) is 11.7. The van der Waals surface area contributed by atoms with Crippen LogP contribution in [0.2, 0.25) is 0 Å². The molecule has 0 aliphatic carbocycles. The van der Waals surface area contributed by atoms with Crippen molar-refractivity contribution in [2.45, 2.75) is 62.3 Å². The topological polar surface area (TPSA) is 189 Å². The summed E-state index contributed by atoms with van der Waals surface area (Å²) in [5, 5.41) is 5.61. The number of fused-ring (bicyclic) bond motifs is 2. The van der Waals surface area contributed by atoms with E-state index >= 15 is 0 Å². The molecular weight excluding hydrogens is 476 g/mol. The number of nitrogens with two attached hydrogens (primary N) is 3. The third-order valence-electron chi connectivity index (χ3n) is 7.43. The lowest BCUT2D eigenvalue weighted by molar-refractivity contribution is -0.145. The molecule has 0 saturated carbocycles. The quantitative estimate of drug-likeness (QED) is 0.148. The van der Waals surface area contributed by atoms with Gasteiger partial charge in [0.15, 0.2) is 11.7 Å². The molecule has 2 unspecified atom stereocenters. The van der Waals surface area contributed by atoms with Gasteiger partial charge in [-0.2, -0.15) is 0 Å². The van der Waals surface area contributed by atoms with E-state index in [1.807, 2.05) is 30.3 Å². The molecule has 37 heavy (non-hydrogen) atoms. The van der Waals surface area contributed by atoms with E-state index in [9.17, 15) is 19.2 Å². The Balaban J connectivity index is 1.51. The molecule has 6 atom stereocenters. The third-order valence-corrected chi connectivity index (χ3v) is 7.43. The number of rotatable bonds is 8. The number of hydrogen-bond donors (Lipinski definition) is 5. The summed E-state index contributed by atoms with van der Waals surface area (Å²) < 4.78 is 0. The predicted octanol–water partition coefficient (Wildman–Crippen LogP) is -2.16. The molecule has 3 amide bonds. The molecule has 3 fully saturated rings. The molecular formula is C25H36N8O4. The Bertz CT molecular complexity index is 1040. The summed E-state index contributed by atoms with van der Waals surface area (Å²) in [6.45, 7) is 1.53. The first-order chi connectivity index (χ1) is 17.7. The summed E-state index contributed by atoms with van der Waals surface area (Å²) in [5.41, 5.74) is 17.4. The molecule has 0 spiro atoms. The minimum absolute atomic E-state index is 0.0305. The van der Waals surface area contributed by atoms with Gasteiger partial charge < -0.3 is 27.8 Å². The SMILES string of the molecule is NC(=O)[C@H]1CN(C2CCCN3C[C@@H](NC(=O)[C@H]3Cc3ccccc3)C2=O)[C@@H](CCCN=C(N)N)C(=O)N1. The number of carbonyl (C=O) groups excluding carboxylic acids is 4. The molecule has 3 saturated heterocycles. The van der Waals surface area contributed by atoms with Crippen LogP contribution in [0.3, 0.4) is 0 Å². The fraction of sp³-hybridized carbons (Fsp3) is 0.560. The molecule has 12 heteroatoms. The lowest BCUT2D eigenvalue weighted by Crippen LogP contribution is -2.70. The number of benzene rings is 1. The molecule has 1 aromatic carbocycles. The first-order valence-corrected chi connectivity index (χ1v) is 12.8. The van der Waals surface area contributed by atoms with Crippen LogP contribution in [0.25, 0.3) is 0 Å². The standard InChI is InChI=1S/C25H36N8O4/c26-22(35)17-14-33(19(23(36)31-17)8-4-10-29-25(27)28)18-9-5-11-32-13-16(21(18)34)30-24(37)20(32)12-15-6-2-1-3-7-15/h1-3,6-7,16-20H,4-5,8-14H2,(H2,26,35)(H,30,37)(H,31,36)(H4,27,28,29)/t16-,17-,18?,19+,20-/m1/s1. The normalized spacial score (nSPS) is 30.4. The molecule has 200 valence electrons. The smallest absolute Gasteiger partial charge is 0.241 e. The Labute approximate surface area is 216 Å². The van der Waals surface area contributed by atoms with Crippen molar-refractivity contribution in [2.75, 3.05) is 26.2 Å². The molecule has 12 nitrogen and oxygen atoms in total. The van der Waals surface area contributed by atoms with Crippen LogP contribution >= 0.6 is 0 Å². The largest absolute Gasteiger partial charge is 0.370 e. The van der Waals surface area contributed by atoms with Gasteiger partial charge in [-0.25, -0.2) is 0 Å². The van der Waals surface area contributed by atoms with Gasteiger partial charge in [-0.1, -0.05) is 30.3 Å². The molecule has 1 aromatic rings. The summed E-state index contributed by atoms with van der Waals surface area (Å²) in [7, 11) is 0. The molecule has 8 N–H and O–H groups in total. The molecule has 2 bridgehead atoms. The maximum absolute atomic E-state index is 13.8. The zero-order valence-corrected chi connectivity index (χ0v) is 20.8. The molecule has 3 aliphatic heterocycles. The summed E-state index contributed by atoms with van der Waals surface area (Å²) in [5.74, 6) is -1.36. The van der Waals surface area contributed by atoms with Crippen molar-refractivity contribution in [2.24, 2.45) is 22.2 Å². The number of nitrogens with one attached hydrogen (secondary N) is 2. The Hall–Kier alpha value is -3.51. The number of primary amides is 1. The highest BCUT2D eigenvalue weighted by atomic mass is 16.2. The van der Waals surface area contributed by atoms with Crippen molar-refractivity contribution in [3.63, 3.8) is 0 Å². The van der Waals surface area contributed by atoms with Gasteiger partial charge in [-0.3, -0.25) is 34.0 Å². The first-order valence-electron chi connectivity index (χ1n) is 12.8. The summed E-state index contributed by atoms with van der Waals surface area (Å²) in [4.78, 5) is 59.7. The minimum atomic E-state index is -0.896. The predicted molar refractivity (Wildman–Crippen MR) is 137 cm³/mol. The number of amides is 3. The van der Waals surface area contributed by atoms with Crippen LogP contribution in [0.5, 0.6) is 0 Å². The monoisotopic (exact) mass is 512 g/mol. The summed E-state index contributed by atoms with van der Waals surface area (Å²) in [6, 6.07) is 6.63. The third kappa shape index (κ3) is 6.25. The Morgan fingerprint density at radius 3 is 2.43 bits per heavy atom. The van der Waals surface area contributed by atoms with Gasteiger partial charge in [-0.05, 0) is 44.2 Å². The molecule has 3 aliphatic rings. The number of carbonyl (C=O) groups is 4. The van der Waals surface area contributed by atoms with Gasteiger partial charge >= 0.3 is 0 Å². The first kappa shape index (κ1) is 26.6. The van der Waals surface area contributed by atoms with E-state index in [0.717, 1.165) is 5.56 Å². The van der Waals surface area contributed by atoms with Crippen LogP contribution in [-0.4, -0.2) is 95.7 Å². The van der Waals surface area contributed by atoms with Crippen molar-refractivity contribution >= 4 is 29.5 Å². The van der Waals surface area contributed by atoms with E-state index in [-0.39, 0.29) is 36.1 Å². The van der Waals surface area contributed by atoms with E-state index in [4.69, 9.17) is 17.2 Å². The number of nitrogens with zero attached hydrogens (tertiary/aromatic N) is 3. The number of Topliss-reactive ketones (excluding diaryl/α,β-unsaturated/α-hetero) is 1. The van der Waals surface area contributed by atoms with Crippen molar-refractivity contribution < 1.29 is 19.2 Å². The van der Waals surface area contributed by atoms with Crippen LogP contribution in [0.1, 0.15) is 31.2 Å². The van der Waals surface area contributed by atoms with Crippen LogP contribution in [0.4, 0.5) is 0 Å². The second-order valence-corrected chi connectivity index (χ2v) is 9.95. The average molecular weight is 513 g/mol. The van der Waals surface area contributed by atoms with Gasteiger partial charge in [0.2, 0.25) is 17.7 Å². The van der Waals surface area contributed by atoms with E-state index in [1.165, 1.54) is 0 Å². The van der Waals surface area contributed by atoms with Crippen molar-refractivity contribution in [3.8, 4) is 0 Å². The Kier molecular flexibility index (Phi) is 8.39. The van der Waals surface area contributed by atoms with Gasteiger partial charge in [0.05, 0.1) is 18.1 Å². The van der Waals surface area contributed by atoms with E-state index in [2.05, 4.69) is 20.5 Å². The van der Waals surface area contributed by atoms with E-state index in [0.29, 0.717) is 51.7 Å². The average Bonchev–Trinajstić information content (AvgIpc) is 2.86. The highest BCUT2D eigenvalue weighted by molar-refractivity contribution is 5.97. The molecule has 0 aromatic heterocycles. The fourth-order valence-corrected chi connectivity index (χ4v) is 5.60. The highest BCUT2D eigenvalue weighted by Crippen LogP contribution is 2.26.